The van der Waals surface area contributed by atoms with Crippen molar-refractivity contribution in [3.8, 4) is 0 Å². The number of rotatable bonds is 5. The molecule has 0 unspecified atom stereocenters. The van der Waals surface area contributed by atoms with Gasteiger partial charge in [0.25, 0.3) is 0 Å². The molecule has 12 heteroatoms. The van der Waals surface area contributed by atoms with E-state index in [-0.39, 0.29) is 43.5 Å². The lowest BCUT2D eigenvalue weighted by molar-refractivity contribution is -0.141. The van der Waals surface area contributed by atoms with Crippen LogP contribution in [0.4, 0.5) is 26.3 Å². The molecule has 156 valence electrons. The SMILES string of the molecule is CN=C(NCCc1nc(C(F)(F)F)cs1)NCc1cccc(C(F)(F)F)c1.I. The number of halogens is 7. The summed E-state index contributed by atoms with van der Waals surface area (Å²) in [6.07, 6.45) is -8.63. The van der Waals surface area contributed by atoms with Gasteiger partial charge in [-0.25, -0.2) is 4.98 Å². The van der Waals surface area contributed by atoms with Crippen molar-refractivity contribution in [1.82, 2.24) is 15.6 Å². The molecule has 4 nitrogen and oxygen atoms in total. The van der Waals surface area contributed by atoms with Crippen molar-refractivity contribution in [2.24, 2.45) is 4.99 Å². The van der Waals surface area contributed by atoms with Gasteiger partial charge in [0.2, 0.25) is 0 Å². The minimum atomic E-state index is -4.47. The zero-order chi connectivity index (χ0) is 20.1. The highest BCUT2D eigenvalue weighted by atomic mass is 127. The van der Waals surface area contributed by atoms with Crippen LogP contribution in [-0.4, -0.2) is 24.5 Å². The van der Waals surface area contributed by atoms with E-state index in [1.165, 1.54) is 13.1 Å². The summed E-state index contributed by atoms with van der Waals surface area (Å²) in [6.45, 7) is 0.381. The molecule has 1 heterocycles. The number of aromatic nitrogens is 1. The van der Waals surface area contributed by atoms with E-state index in [0.29, 0.717) is 16.5 Å². The fourth-order valence-corrected chi connectivity index (χ4v) is 2.91. The van der Waals surface area contributed by atoms with Gasteiger partial charge < -0.3 is 10.6 Å². The molecular weight excluding hydrogens is 521 g/mol. The molecule has 0 saturated heterocycles. The number of nitrogens with zero attached hydrogens (tertiary/aromatic N) is 2. The number of benzene rings is 1. The third kappa shape index (κ3) is 7.45. The third-order valence-electron chi connectivity index (χ3n) is 3.41. The average molecular weight is 538 g/mol. The molecule has 2 aromatic rings. The van der Waals surface area contributed by atoms with Crippen molar-refractivity contribution in [2.45, 2.75) is 25.3 Å². The van der Waals surface area contributed by atoms with Gasteiger partial charge in [0.15, 0.2) is 11.7 Å². The molecule has 28 heavy (non-hydrogen) atoms. The van der Waals surface area contributed by atoms with Crippen molar-refractivity contribution in [3.05, 3.63) is 51.5 Å². The van der Waals surface area contributed by atoms with Crippen LogP contribution in [0.1, 0.15) is 21.8 Å². The Morgan fingerprint density at radius 3 is 2.39 bits per heavy atom. The number of nitrogens with one attached hydrogen (secondary N) is 2. The van der Waals surface area contributed by atoms with Crippen LogP contribution in [0.15, 0.2) is 34.6 Å². The molecule has 0 amide bonds. The molecule has 0 spiro atoms. The molecule has 0 aliphatic heterocycles. The summed E-state index contributed by atoms with van der Waals surface area (Å²) in [7, 11) is 1.48. The van der Waals surface area contributed by atoms with Crippen molar-refractivity contribution in [1.29, 1.82) is 0 Å². The normalized spacial score (nSPS) is 12.5. The lowest BCUT2D eigenvalue weighted by Crippen LogP contribution is -2.37. The summed E-state index contributed by atoms with van der Waals surface area (Å²) in [5, 5.41) is 7.01. The first kappa shape index (κ1) is 24.5. The van der Waals surface area contributed by atoms with Gasteiger partial charge in [0.1, 0.15) is 0 Å². The molecule has 0 bridgehead atoms. The topological polar surface area (TPSA) is 49.3 Å². The summed E-state index contributed by atoms with van der Waals surface area (Å²) in [6, 6.07) is 4.88. The van der Waals surface area contributed by atoms with Gasteiger partial charge in [-0.05, 0) is 17.7 Å². The molecule has 1 aromatic carbocycles. The van der Waals surface area contributed by atoms with Gasteiger partial charge in [-0.15, -0.1) is 35.3 Å². The second-order valence-corrected chi connectivity index (χ2v) is 6.37. The zero-order valence-corrected chi connectivity index (χ0v) is 17.6. The molecule has 0 aliphatic carbocycles. The van der Waals surface area contributed by atoms with E-state index in [9.17, 15) is 26.3 Å². The maximum atomic E-state index is 12.7. The Morgan fingerprint density at radius 1 is 1.11 bits per heavy atom. The van der Waals surface area contributed by atoms with Crippen molar-refractivity contribution < 1.29 is 26.3 Å². The van der Waals surface area contributed by atoms with Gasteiger partial charge in [-0.1, -0.05) is 12.1 Å². The van der Waals surface area contributed by atoms with Crippen molar-refractivity contribution in [2.75, 3.05) is 13.6 Å². The van der Waals surface area contributed by atoms with Crippen LogP contribution >= 0.6 is 35.3 Å². The average Bonchev–Trinajstić information content (AvgIpc) is 3.06. The highest BCUT2D eigenvalue weighted by Crippen LogP contribution is 2.30. The van der Waals surface area contributed by atoms with E-state index in [1.807, 2.05) is 0 Å². The number of aliphatic imine (C=N–C) groups is 1. The lowest BCUT2D eigenvalue weighted by Gasteiger charge is -2.13. The Morgan fingerprint density at radius 2 is 1.82 bits per heavy atom. The van der Waals surface area contributed by atoms with Crippen molar-refractivity contribution in [3.63, 3.8) is 0 Å². The molecule has 0 atom stereocenters. The second kappa shape index (κ2) is 10.3. The first-order valence-corrected chi connectivity index (χ1v) is 8.60. The summed E-state index contributed by atoms with van der Waals surface area (Å²) in [5.41, 5.74) is -1.24. The largest absolute Gasteiger partial charge is 0.434 e. The van der Waals surface area contributed by atoms with E-state index in [0.717, 1.165) is 28.8 Å². The van der Waals surface area contributed by atoms with E-state index in [1.54, 1.807) is 6.07 Å². The molecule has 0 saturated carbocycles. The lowest BCUT2D eigenvalue weighted by atomic mass is 10.1. The number of guanidine groups is 1. The van der Waals surface area contributed by atoms with Gasteiger partial charge in [0, 0.05) is 31.9 Å². The summed E-state index contributed by atoms with van der Waals surface area (Å²) in [5.74, 6) is 0.319. The predicted octanol–water partition coefficient (Wildman–Crippen LogP) is 4.71. The fraction of sp³-hybridized carbons (Fsp3) is 0.375. The molecular formula is C16H17F6IN4S. The summed E-state index contributed by atoms with van der Waals surface area (Å²) in [4.78, 5) is 7.44. The Balaban J connectivity index is 0.00000392. The molecule has 1 aromatic heterocycles. The number of hydrogen-bond donors (Lipinski definition) is 2. The van der Waals surface area contributed by atoms with Gasteiger partial charge in [0.05, 0.1) is 10.6 Å². The first-order chi connectivity index (χ1) is 12.6. The van der Waals surface area contributed by atoms with Crippen molar-refractivity contribution >= 4 is 41.3 Å². The van der Waals surface area contributed by atoms with Gasteiger partial charge in [-0.3, -0.25) is 4.99 Å². The minimum Gasteiger partial charge on any atom is -0.356 e. The predicted molar refractivity (Wildman–Crippen MR) is 106 cm³/mol. The minimum absolute atomic E-state index is 0. The molecule has 2 rings (SSSR count). The first-order valence-electron chi connectivity index (χ1n) is 7.72. The van der Waals surface area contributed by atoms with E-state index in [4.69, 9.17) is 0 Å². The zero-order valence-electron chi connectivity index (χ0n) is 14.5. The Kier molecular flexibility index (Phi) is 8.98. The third-order valence-corrected chi connectivity index (χ3v) is 4.32. The second-order valence-electron chi connectivity index (χ2n) is 5.42. The van der Waals surface area contributed by atoms with Crippen LogP contribution in [-0.2, 0) is 25.3 Å². The molecule has 0 aliphatic rings. The quantitative estimate of drug-likeness (QED) is 0.251. The number of hydrogen-bond acceptors (Lipinski definition) is 3. The maximum absolute atomic E-state index is 12.7. The van der Waals surface area contributed by atoms with Crippen LogP contribution < -0.4 is 10.6 Å². The van der Waals surface area contributed by atoms with E-state index < -0.39 is 23.6 Å². The van der Waals surface area contributed by atoms with Gasteiger partial charge >= 0.3 is 12.4 Å². The number of thiazole rings is 1. The van der Waals surface area contributed by atoms with Crippen LogP contribution in [0.25, 0.3) is 0 Å². The number of alkyl halides is 6. The standard InChI is InChI=1S/C16H16F6N4S.HI/c1-23-14(24-6-5-13-26-12(9-27-13)16(20,21)22)25-8-10-3-2-4-11(7-10)15(17,18)19;/h2-4,7,9H,5-6,8H2,1H3,(H2,23,24,25);1H. The Hall–Kier alpha value is -1.57. The van der Waals surface area contributed by atoms with Crippen LogP contribution in [0.2, 0.25) is 0 Å². The highest BCUT2D eigenvalue weighted by molar-refractivity contribution is 14.0. The van der Waals surface area contributed by atoms with E-state index >= 15 is 0 Å². The van der Waals surface area contributed by atoms with E-state index in [2.05, 4.69) is 20.6 Å². The van der Waals surface area contributed by atoms with Crippen LogP contribution in [0.3, 0.4) is 0 Å². The maximum Gasteiger partial charge on any atom is 0.434 e. The highest BCUT2D eigenvalue weighted by Gasteiger charge is 2.33. The van der Waals surface area contributed by atoms with Crippen LogP contribution in [0, 0.1) is 0 Å². The molecule has 2 N–H and O–H groups in total. The Labute approximate surface area is 178 Å². The van der Waals surface area contributed by atoms with Gasteiger partial charge in [-0.2, -0.15) is 26.3 Å². The Bertz CT molecular complexity index is 788. The summed E-state index contributed by atoms with van der Waals surface area (Å²) < 4.78 is 75.6. The van der Waals surface area contributed by atoms with Crippen LogP contribution in [0.5, 0.6) is 0 Å². The fourth-order valence-electron chi connectivity index (χ4n) is 2.11. The monoisotopic (exact) mass is 538 g/mol. The smallest absolute Gasteiger partial charge is 0.356 e. The molecule has 0 radical (unpaired) electrons. The summed E-state index contributed by atoms with van der Waals surface area (Å²) >= 11 is 0.912. The molecule has 0 fully saturated rings.